The van der Waals surface area contributed by atoms with Crippen LogP contribution >= 0.6 is 22.6 Å². The molecule has 0 heterocycles. The van der Waals surface area contributed by atoms with Crippen molar-refractivity contribution in [2.75, 3.05) is 14.2 Å². The van der Waals surface area contributed by atoms with E-state index < -0.39 is 0 Å². The number of nitrogens with zero attached hydrogens (tertiary/aromatic N) is 1. The fourth-order valence-corrected chi connectivity index (χ4v) is 3.31. The first kappa shape index (κ1) is 18.2. The van der Waals surface area contributed by atoms with E-state index in [2.05, 4.69) is 33.1 Å². The number of amides is 1. The van der Waals surface area contributed by atoms with Gasteiger partial charge in [-0.25, -0.2) is 5.43 Å². The SMILES string of the molecule is COc1ccc(C=NNC(=O)c2cc3ccccc3cc2OC)cc1I. The van der Waals surface area contributed by atoms with Crippen molar-refractivity contribution in [2.24, 2.45) is 5.10 Å². The van der Waals surface area contributed by atoms with Gasteiger partial charge >= 0.3 is 0 Å². The molecule has 0 spiro atoms. The number of hydrogen-bond donors (Lipinski definition) is 1. The maximum atomic E-state index is 12.5. The first-order chi connectivity index (χ1) is 12.6. The second-order valence-corrected chi connectivity index (χ2v) is 6.65. The Morgan fingerprint density at radius 3 is 2.35 bits per heavy atom. The fraction of sp³-hybridized carbons (Fsp3) is 0.100. The summed E-state index contributed by atoms with van der Waals surface area (Å²) in [4.78, 5) is 12.5. The van der Waals surface area contributed by atoms with Gasteiger partial charge in [0.2, 0.25) is 0 Å². The third-order valence-corrected chi connectivity index (χ3v) is 4.71. The molecule has 3 rings (SSSR count). The van der Waals surface area contributed by atoms with E-state index in [4.69, 9.17) is 9.47 Å². The van der Waals surface area contributed by atoms with Gasteiger partial charge in [-0.15, -0.1) is 0 Å². The number of carbonyl (C=O) groups excluding carboxylic acids is 1. The lowest BCUT2D eigenvalue weighted by Crippen LogP contribution is -2.18. The number of halogens is 1. The van der Waals surface area contributed by atoms with Gasteiger partial charge < -0.3 is 9.47 Å². The van der Waals surface area contributed by atoms with Crippen LogP contribution < -0.4 is 14.9 Å². The summed E-state index contributed by atoms with van der Waals surface area (Å²) in [5, 5.41) is 6.02. The third kappa shape index (κ3) is 3.96. The smallest absolute Gasteiger partial charge is 0.275 e. The summed E-state index contributed by atoms with van der Waals surface area (Å²) in [6.45, 7) is 0. The van der Waals surface area contributed by atoms with Gasteiger partial charge in [-0.3, -0.25) is 4.79 Å². The molecule has 1 amide bonds. The van der Waals surface area contributed by atoms with E-state index in [1.807, 2.05) is 48.5 Å². The second kappa shape index (κ2) is 8.18. The summed E-state index contributed by atoms with van der Waals surface area (Å²) in [5.74, 6) is 0.982. The van der Waals surface area contributed by atoms with E-state index in [-0.39, 0.29) is 5.91 Å². The molecule has 26 heavy (non-hydrogen) atoms. The molecule has 1 N–H and O–H groups in total. The third-order valence-electron chi connectivity index (χ3n) is 3.87. The lowest BCUT2D eigenvalue weighted by atomic mass is 10.1. The Bertz CT molecular complexity index is 986. The van der Waals surface area contributed by atoms with Crippen molar-refractivity contribution in [2.45, 2.75) is 0 Å². The highest BCUT2D eigenvalue weighted by atomic mass is 127. The molecule has 0 unspecified atom stereocenters. The minimum Gasteiger partial charge on any atom is -0.496 e. The molecule has 3 aromatic rings. The van der Waals surface area contributed by atoms with Crippen LogP contribution in [0.5, 0.6) is 11.5 Å². The van der Waals surface area contributed by atoms with E-state index in [0.29, 0.717) is 11.3 Å². The molecule has 0 saturated carbocycles. The van der Waals surface area contributed by atoms with Crippen LogP contribution in [0.15, 0.2) is 59.7 Å². The van der Waals surface area contributed by atoms with Crippen LogP contribution in [0.25, 0.3) is 10.8 Å². The topological polar surface area (TPSA) is 59.9 Å². The zero-order chi connectivity index (χ0) is 18.5. The van der Waals surface area contributed by atoms with Gasteiger partial charge in [0.05, 0.1) is 29.6 Å². The standard InChI is InChI=1S/C20H17IN2O3/c1-25-18-8-7-13(9-17(18)21)12-22-23-20(24)16-10-14-5-3-4-6-15(14)11-19(16)26-2/h3-12H,1-2H3,(H,23,24). The second-order valence-electron chi connectivity index (χ2n) is 5.49. The molecule has 0 aromatic heterocycles. The zero-order valence-corrected chi connectivity index (χ0v) is 16.5. The molecule has 0 bridgehead atoms. The summed E-state index contributed by atoms with van der Waals surface area (Å²) >= 11 is 2.19. The lowest BCUT2D eigenvalue weighted by molar-refractivity contribution is 0.0952. The minimum atomic E-state index is -0.327. The normalized spacial score (nSPS) is 10.9. The van der Waals surface area contributed by atoms with Gasteiger partial charge in [0.15, 0.2) is 0 Å². The highest BCUT2D eigenvalue weighted by Gasteiger charge is 2.13. The Labute approximate surface area is 165 Å². The highest BCUT2D eigenvalue weighted by molar-refractivity contribution is 14.1. The van der Waals surface area contributed by atoms with Crippen molar-refractivity contribution in [1.82, 2.24) is 5.43 Å². The Kier molecular flexibility index (Phi) is 5.72. The summed E-state index contributed by atoms with van der Waals surface area (Å²) in [6, 6.07) is 17.1. The molecule has 5 nitrogen and oxygen atoms in total. The number of carbonyl (C=O) groups is 1. The summed E-state index contributed by atoms with van der Waals surface area (Å²) < 4.78 is 11.5. The fourth-order valence-electron chi connectivity index (χ4n) is 2.55. The van der Waals surface area contributed by atoms with Gasteiger partial charge in [0.25, 0.3) is 5.91 Å². The predicted octanol–water partition coefficient (Wildman–Crippen LogP) is 4.23. The maximum absolute atomic E-state index is 12.5. The zero-order valence-electron chi connectivity index (χ0n) is 14.3. The monoisotopic (exact) mass is 460 g/mol. The van der Waals surface area contributed by atoms with Gasteiger partial charge in [-0.1, -0.05) is 24.3 Å². The van der Waals surface area contributed by atoms with Crippen LogP contribution in [0.1, 0.15) is 15.9 Å². The number of benzene rings is 3. The van der Waals surface area contributed by atoms with Crippen LogP contribution in [0, 0.1) is 3.57 Å². The van der Waals surface area contributed by atoms with Crippen molar-refractivity contribution in [3.63, 3.8) is 0 Å². The van der Waals surface area contributed by atoms with E-state index in [0.717, 1.165) is 25.7 Å². The Hall–Kier alpha value is -2.61. The predicted molar refractivity (Wildman–Crippen MR) is 111 cm³/mol. The van der Waals surface area contributed by atoms with E-state index >= 15 is 0 Å². The minimum absolute atomic E-state index is 0.327. The van der Waals surface area contributed by atoms with Crippen molar-refractivity contribution in [1.29, 1.82) is 0 Å². The van der Waals surface area contributed by atoms with Crippen molar-refractivity contribution < 1.29 is 14.3 Å². The summed E-state index contributed by atoms with van der Waals surface area (Å²) in [5.41, 5.74) is 3.85. The molecule has 0 fully saturated rings. The molecule has 0 aliphatic carbocycles. The van der Waals surface area contributed by atoms with Crippen LogP contribution in [-0.2, 0) is 0 Å². The van der Waals surface area contributed by atoms with Gasteiger partial charge in [0, 0.05) is 0 Å². The largest absolute Gasteiger partial charge is 0.496 e. The number of hydrazone groups is 1. The van der Waals surface area contributed by atoms with Gasteiger partial charge in [0.1, 0.15) is 11.5 Å². The number of rotatable bonds is 5. The molecular weight excluding hydrogens is 443 g/mol. The molecular formula is C20H17IN2O3. The first-order valence-electron chi connectivity index (χ1n) is 7.86. The molecule has 3 aromatic carbocycles. The van der Waals surface area contributed by atoms with Crippen LogP contribution in [0.3, 0.4) is 0 Å². The Morgan fingerprint density at radius 1 is 1.00 bits per heavy atom. The molecule has 6 heteroatoms. The molecule has 0 saturated heterocycles. The first-order valence-corrected chi connectivity index (χ1v) is 8.94. The van der Waals surface area contributed by atoms with Crippen LogP contribution in [-0.4, -0.2) is 26.3 Å². The molecule has 0 radical (unpaired) electrons. The lowest BCUT2D eigenvalue weighted by Gasteiger charge is -2.09. The number of ether oxygens (including phenoxy) is 2. The van der Waals surface area contributed by atoms with Crippen molar-refractivity contribution in [3.8, 4) is 11.5 Å². The van der Waals surface area contributed by atoms with Gasteiger partial charge in [-0.2, -0.15) is 5.10 Å². The highest BCUT2D eigenvalue weighted by Crippen LogP contribution is 2.26. The van der Waals surface area contributed by atoms with Gasteiger partial charge in [-0.05, 0) is 69.3 Å². The number of fused-ring (bicyclic) bond motifs is 1. The van der Waals surface area contributed by atoms with E-state index in [1.165, 1.54) is 0 Å². The Morgan fingerprint density at radius 2 is 1.69 bits per heavy atom. The molecule has 132 valence electrons. The molecule has 0 aliphatic heterocycles. The number of nitrogens with one attached hydrogen (secondary N) is 1. The van der Waals surface area contributed by atoms with Crippen molar-refractivity contribution in [3.05, 3.63) is 69.3 Å². The summed E-state index contributed by atoms with van der Waals surface area (Å²) in [7, 11) is 3.17. The number of hydrogen-bond acceptors (Lipinski definition) is 4. The maximum Gasteiger partial charge on any atom is 0.275 e. The van der Waals surface area contributed by atoms with Crippen molar-refractivity contribution >= 4 is 45.5 Å². The number of methoxy groups -OCH3 is 2. The Balaban J connectivity index is 1.79. The van der Waals surface area contributed by atoms with E-state index in [1.54, 1.807) is 26.5 Å². The quantitative estimate of drug-likeness (QED) is 0.353. The summed E-state index contributed by atoms with van der Waals surface area (Å²) in [6.07, 6.45) is 1.59. The van der Waals surface area contributed by atoms with Crippen LogP contribution in [0.4, 0.5) is 0 Å². The average molecular weight is 460 g/mol. The molecule has 0 aliphatic rings. The van der Waals surface area contributed by atoms with Crippen LogP contribution in [0.2, 0.25) is 0 Å². The average Bonchev–Trinajstić information content (AvgIpc) is 2.67. The molecule has 0 atom stereocenters. The van der Waals surface area contributed by atoms with E-state index in [9.17, 15) is 4.79 Å².